The number of hydrogen-bond acceptors (Lipinski definition) is 4. The quantitative estimate of drug-likeness (QED) is 0.566. The van der Waals surface area contributed by atoms with Crippen molar-refractivity contribution >= 4 is 11.3 Å². The number of rotatable bonds is 4. The van der Waals surface area contributed by atoms with Gasteiger partial charge >= 0.3 is 0 Å². The first-order valence-electron chi connectivity index (χ1n) is 4.36. The van der Waals surface area contributed by atoms with Gasteiger partial charge in [0.25, 0.3) is 5.79 Å². The molecule has 0 unspecified atom stereocenters. The van der Waals surface area contributed by atoms with Gasteiger partial charge in [-0.15, -0.1) is 17.9 Å². The molecule has 1 aromatic rings. The summed E-state index contributed by atoms with van der Waals surface area (Å²) in [5.41, 5.74) is 0. The lowest BCUT2D eigenvalue weighted by molar-refractivity contribution is -0.114. The highest BCUT2D eigenvalue weighted by Crippen LogP contribution is 2.42. The molecular formula is C10H12O3S. The highest BCUT2D eigenvalue weighted by Gasteiger charge is 2.37. The van der Waals surface area contributed by atoms with E-state index in [0.717, 1.165) is 11.5 Å². The van der Waals surface area contributed by atoms with Crippen LogP contribution in [0.3, 0.4) is 0 Å². The molecule has 0 atom stereocenters. The summed E-state index contributed by atoms with van der Waals surface area (Å²) in [6.45, 7) is 6.34. The van der Waals surface area contributed by atoms with E-state index >= 15 is 0 Å². The van der Waals surface area contributed by atoms with Crippen molar-refractivity contribution in [3.63, 3.8) is 0 Å². The Morgan fingerprint density at radius 1 is 1.50 bits per heavy atom. The molecule has 1 aliphatic rings. The van der Waals surface area contributed by atoms with Gasteiger partial charge in [0, 0.05) is 17.7 Å². The van der Waals surface area contributed by atoms with Crippen LogP contribution in [0.2, 0.25) is 0 Å². The summed E-state index contributed by atoms with van der Waals surface area (Å²) >= 11 is 1.56. The van der Waals surface area contributed by atoms with Crippen LogP contribution in [0.1, 0.15) is 6.92 Å². The molecule has 0 bridgehead atoms. The Kier molecular flexibility index (Phi) is 2.48. The van der Waals surface area contributed by atoms with Gasteiger partial charge in [0.15, 0.2) is 11.5 Å². The van der Waals surface area contributed by atoms with E-state index in [0.29, 0.717) is 13.2 Å². The smallest absolute Gasteiger partial charge is 0.272 e. The van der Waals surface area contributed by atoms with Crippen LogP contribution in [-0.4, -0.2) is 19.0 Å². The van der Waals surface area contributed by atoms with Gasteiger partial charge in [-0.05, 0) is 0 Å². The molecule has 4 heteroatoms. The molecule has 0 aromatic carbocycles. The predicted octanol–water partition coefficient (Wildman–Crippen LogP) is 2.44. The summed E-state index contributed by atoms with van der Waals surface area (Å²) in [6, 6.07) is 0. The Labute approximate surface area is 86.9 Å². The molecule has 0 aliphatic carbocycles. The molecule has 0 saturated heterocycles. The highest BCUT2D eigenvalue weighted by atomic mass is 32.1. The number of ether oxygens (including phenoxy) is 3. The second-order valence-corrected chi connectivity index (χ2v) is 3.99. The molecule has 0 fully saturated rings. The first-order chi connectivity index (χ1) is 6.73. The number of hydrogen-bond donors (Lipinski definition) is 0. The molecule has 0 spiro atoms. The Balaban J connectivity index is 1.94. The minimum absolute atomic E-state index is 0.401. The molecule has 0 amide bonds. The lowest BCUT2D eigenvalue weighted by Crippen LogP contribution is -2.40. The molecule has 0 N–H and O–H groups in total. The fourth-order valence-corrected chi connectivity index (χ4v) is 1.94. The third-order valence-electron chi connectivity index (χ3n) is 1.84. The fraction of sp³-hybridized carbons (Fsp3) is 0.400. The van der Waals surface area contributed by atoms with Crippen LogP contribution in [0.15, 0.2) is 23.4 Å². The van der Waals surface area contributed by atoms with Gasteiger partial charge in [-0.2, -0.15) is 0 Å². The van der Waals surface area contributed by atoms with E-state index < -0.39 is 5.79 Å². The van der Waals surface area contributed by atoms with Crippen molar-refractivity contribution in [2.24, 2.45) is 0 Å². The van der Waals surface area contributed by atoms with Crippen molar-refractivity contribution in [2.75, 3.05) is 13.2 Å². The van der Waals surface area contributed by atoms with Gasteiger partial charge in [0.2, 0.25) is 0 Å². The first-order valence-corrected chi connectivity index (χ1v) is 5.31. The van der Waals surface area contributed by atoms with Gasteiger partial charge in [-0.3, -0.25) is 0 Å². The van der Waals surface area contributed by atoms with E-state index in [4.69, 9.17) is 14.2 Å². The molecule has 76 valence electrons. The maximum Gasteiger partial charge on any atom is 0.272 e. The molecule has 3 nitrogen and oxygen atoms in total. The van der Waals surface area contributed by atoms with Crippen LogP contribution in [0.5, 0.6) is 11.5 Å². The highest BCUT2D eigenvalue weighted by molar-refractivity contribution is 7.08. The molecule has 14 heavy (non-hydrogen) atoms. The summed E-state index contributed by atoms with van der Waals surface area (Å²) in [5.74, 6) is 0.932. The second kappa shape index (κ2) is 3.63. The second-order valence-electron chi connectivity index (χ2n) is 3.24. The van der Waals surface area contributed by atoms with Crippen molar-refractivity contribution in [1.29, 1.82) is 0 Å². The van der Waals surface area contributed by atoms with Gasteiger partial charge in [0.05, 0.1) is 6.61 Å². The minimum Gasteiger partial charge on any atom is -0.445 e. The maximum absolute atomic E-state index is 5.61. The third kappa shape index (κ3) is 1.76. The van der Waals surface area contributed by atoms with Crippen molar-refractivity contribution in [3.05, 3.63) is 23.4 Å². The van der Waals surface area contributed by atoms with Crippen LogP contribution in [-0.2, 0) is 4.74 Å². The molecule has 0 saturated carbocycles. The zero-order valence-electron chi connectivity index (χ0n) is 7.99. The lowest BCUT2D eigenvalue weighted by Gasteiger charge is -2.22. The van der Waals surface area contributed by atoms with Gasteiger partial charge < -0.3 is 14.2 Å². The van der Waals surface area contributed by atoms with Crippen molar-refractivity contribution in [3.8, 4) is 11.5 Å². The normalized spacial score (nSPS) is 16.9. The molecule has 2 heterocycles. The fourth-order valence-electron chi connectivity index (χ4n) is 1.30. The van der Waals surface area contributed by atoms with Gasteiger partial charge in [0.1, 0.15) is 6.61 Å². The van der Waals surface area contributed by atoms with Gasteiger partial charge in [-0.1, -0.05) is 6.08 Å². The minimum atomic E-state index is -0.679. The van der Waals surface area contributed by atoms with Crippen LogP contribution in [0, 0.1) is 0 Å². The zero-order chi connectivity index (χ0) is 10.0. The molecule has 0 radical (unpaired) electrons. The van der Waals surface area contributed by atoms with Crippen LogP contribution in [0.25, 0.3) is 0 Å². The summed E-state index contributed by atoms with van der Waals surface area (Å²) in [7, 11) is 0. The average molecular weight is 212 g/mol. The van der Waals surface area contributed by atoms with Crippen molar-refractivity contribution in [2.45, 2.75) is 12.7 Å². The molecule has 1 aliphatic heterocycles. The Morgan fingerprint density at radius 2 is 2.14 bits per heavy atom. The monoisotopic (exact) mass is 212 g/mol. The van der Waals surface area contributed by atoms with E-state index in [9.17, 15) is 0 Å². The molecule has 2 rings (SSSR count). The van der Waals surface area contributed by atoms with E-state index in [1.54, 1.807) is 17.4 Å². The first kappa shape index (κ1) is 9.55. The number of thiophene rings is 1. The standard InChI is InChI=1S/C10H12O3S/c1-3-4-11-7-10(2)12-8-5-14-6-9(8)13-10/h3,5-6H,1,4,7H2,2H3. The van der Waals surface area contributed by atoms with E-state index in [1.807, 2.05) is 17.7 Å². The molecular weight excluding hydrogens is 200 g/mol. The van der Waals surface area contributed by atoms with Crippen molar-refractivity contribution < 1.29 is 14.2 Å². The van der Waals surface area contributed by atoms with Crippen LogP contribution >= 0.6 is 11.3 Å². The molecule has 1 aromatic heterocycles. The van der Waals surface area contributed by atoms with Crippen LogP contribution < -0.4 is 9.47 Å². The summed E-state index contributed by atoms with van der Waals surface area (Å²) < 4.78 is 16.5. The van der Waals surface area contributed by atoms with E-state index in [-0.39, 0.29) is 0 Å². The van der Waals surface area contributed by atoms with E-state index in [2.05, 4.69) is 6.58 Å². The summed E-state index contributed by atoms with van der Waals surface area (Å²) in [5, 5.41) is 3.85. The Hall–Kier alpha value is -1.00. The summed E-state index contributed by atoms with van der Waals surface area (Å²) in [4.78, 5) is 0. The van der Waals surface area contributed by atoms with Gasteiger partial charge in [-0.25, -0.2) is 0 Å². The average Bonchev–Trinajstić information content (AvgIpc) is 2.62. The summed E-state index contributed by atoms with van der Waals surface area (Å²) in [6.07, 6.45) is 1.70. The van der Waals surface area contributed by atoms with E-state index in [1.165, 1.54) is 0 Å². The topological polar surface area (TPSA) is 27.7 Å². The van der Waals surface area contributed by atoms with Crippen LogP contribution in [0.4, 0.5) is 0 Å². The third-order valence-corrected chi connectivity index (χ3v) is 2.54. The zero-order valence-corrected chi connectivity index (χ0v) is 8.80. The Morgan fingerprint density at radius 3 is 2.71 bits per heavy atom. The maximum atomic E-state index is 5.61. The number of fused-ring (bicyclic) bond motifs is 1. The SMILES string of the molecule is C=CCOCC1(C)Oc2cscc2O1. The van der Waals surface area contributed by atoms with Crippen molar-refractivity contribution in [1.82, 2.24) is 0 Å². The largest absolute Gasteiger partial charge is 0.445 e. The lowest BCUT2D eigenvalue weighted by atomic mass is 10.3. The Bertz CT molecular complexity index is 311. The predicted molar refractivity (Wildman–Crippen MR) is 55.0 cm³/mol.